The van der Waals surface area contributed by atoms with Crippen LogP contribution in [0.15, 0.2) is 24.3 Å². The maximum Gasteiger partial charge on any atom is 0.416 e. The van der Waals surface area contributed by atoms with Gasteiger partial charge in [-0.25, -0.2) is 0 Å². The Morgan fingerprint density at radius 3 is 2.12 bits per heavy atom. The first kappa shape index (κ1) is 17.4. The molecule has 1 unspecified atom stereocenters. The van der Waals surface area contributed by atoms with E-state index in [1.165, 1.54) is 57.1 Å². The third kappa shape index (κ3) is 4.33. The summed E-state index contributed by atoms with van der Waals surface area (Å²) in [6.07, 6.45) is 4.48. The van der Waals surface area contributed by atoms with E-state index < -0.39 is 11.7 Å². The summed E-state index contributed by atoms with van der Waals surface area (Å²) in [7, 11) is 0. The van der Waals surface area contributed by atoms with E-state index in [0.29, 0.717) is 11.5 Å². The van der Waals surface area contributed by atoms with Crippen molar-refractivity contribution in [1.29, 1.82) is 0 Å². The van der Waals surface area contributed by atoms with Crippen LogP contribution in [0.2, 0.25) is 0 Å². The summed E-state index contributed by atoms with van der Waals surface area (Å²) < 4.78 is 37.9. The van der Waals surface area contributed by atoms with Gasteiger partial charge < -0.3 is 0 Å². The highest BCUT2D eigenvalue weighted by Gasteiger charge is 2.30. The Bertz CT molecular complexity index is 582. The van der Waals surface area contributed by atoms with Gasteiger partial charge >= 0.3 is 6.18 Å². The van der Waals surface area contributed by atoms with Crippen LogP contribution in [0.25, 0.3) is 0 Å². The second kappa shape index (κ2) is 7.61. The highest BCUT2D eigenvalue weighted by Crippen LogP contribution is 2.31. The lowest BCUT2D eigenvalue weighted by Crippen LogP contribution is -2.38. The molecule has 2 fully saturated rings. The van der Waals surface area contributed by atoms with Crippen LogP contribution in [0.3, 0.4) is 0 Å². The number of halogens is 3. The van der Waals surface area contributed by atoms with Crippen LogP contribution in [0.4, 0.5) is 13.2 Å². The minimum Gasteiger partial charge on any atom is -0.290 e. The van der Waals surface area contributed by atoms with E-state index in [4.69, 9.17) is 0 Å². The van der Waals surface area contributed by atoms with Gasteiger partial charge in [0.25, 0.3) is 0 Å². The molecule has 130 valence electrons. The fraction of sp³-hybridized carbons (Fsp3) is 0.600. The van der Waals surface area contributed by atoms with Gasteiger partial charge in [-0.1, -0.05) is 31.1 Å². The number of benzene rings is 1. The van der Waals surface area contributed by atoms with E-state index in [1.807, 2.05) is 0 Å². The molecule has 4 heteroatoms. The molecule has 0 radical (unpaired) electrons. The van der Waals surface area contributed by atoms with E-state index in [9.17, 15) is 13.2 Å². The zero-order valence-electron chi connectivity index (χ0n) is 13.9. The van der Waals surface area contributed by atoms with Crippen LogP contribution in [0, 0.1) is 17.8 Å². The molecule has 1 aromatic carbocycles. The van der Waals surface area contributed by atoms with Crippen molar-refractivity contribution >= 4 is 0 Å². The van der Waals surface area contributed by atoms with Gasteiger partial charge in [0.05, 0.1) is 11.6 Å². The number of alkyl halides is 3. The minimum absolute atomic E-state index is 0.259. The molecule has 1 saturated carbocycles. The Hall–Kier alpha value is -1.47. The Morgan fingerprint density at radius 1 is 0.917 bits per heavy atom. The fourth-order valence-corrected chi connectivity index (χ4v) is 3.88. The van der Waals surface area contributed by atoms with Gasteiger partial charge in [-0.3, -0.25) is 4.90 Å². The molecule has 0 spiro atoms. The minimum atomic E-state index is -4.29. The molecule has 0 aromatic heterocycles. The third-order valence-electron chi connectivity index (χ3n) is 5.21. The summed E-state index contributed by atoms with van der Waals surface area (Å²) in [6, 6.07) is 5.47. The van der Waals surface area contributed by atoms with E-state index in [1.54, 1.807) is 0 Å². The van der Waals surface area contributed by atoms with Crippen molar-refractivity contribution in [2.75, 3.05) is 13.1 Å². The van der Waals surface area contributed by atoms with Crippen LogP contribution >= 0.6 is 0 Å². The Morgan fingerprint density at radius 2 is 1.54 bits per heavy atom. The zero-order chi connectivity index (χ0) is 17.0. The highest BCUT2D eigenvalue weighted by molar-refractivity contribution is 5.38. The van der Waals surface area contributed by atoms with Gasteiger partial charge in [-0.2, -0.15) is 13.2 Å². The molecule has 1 nitrogen and oxygen atoms in total. The first-order chi connectivity index (χ1) is 11.5. The lowest BCUT2D eigenvalue weighted by Gasteiger charge is -2.33. The Balaban J connectivity index is 1.76. The van der Waals surface area contributed by atoms with Crippen molar-refractivity contribution in [3.63, 3.8) is 0 Å². The summed E-state index contributed by atoms with van der Waals surface area (Å²) in [5.74, 6) is 7.15. The first-order valence-electron chi connectivity index (χ1n) is 8.97. The molecule has 1 aromatic rings. The average Bonchev–Trinajstić information content (AvgIpc) is 3.10. The lowest BCUT2D eigenvalue weighted by molar-refractivity contribution is -0.137. The summed E-state index contributed by atoms with van der Waals surface area (Å²) >= 11 is 0. The quantitative estimate of drug-likeness (QED) is 0.680. The molecule has 1 aliphatic heterocycles. The van der Waals surface area contributed by atoms with E-state index >= 15 is 0 Å². The van der Waals surface area contributed by atoms with Gasteiger partial charge in [-0.15, -0.1) is 0 Å². The van der Waals surface area contributed by atoms with Gasteiger partial charge in [0.2, 0.25) is 0 Å². The third-order valence-corrected chi connectivity index (χ3v) is 5.21. The second-order valence-corrected chi connectivity index (χ2v) is 6.93. The van der Waals surface area contributed by atoms with Crippen molar-refractivity contribution in [3.8, 4) is 11.8 Å². The van der Waals surface area contributed by atoms with Crippen molar-refractivity contribution in [1.82, 2.24) is 4.90 Å². The van der Waals surface area contributed by atoms with Crippen LogP contribution in [0.5, 0.6) is 0 Å². The molecule has 3 rings (SSSR count). The molecule has 1 atom stereocenters. The zero-order valence-corrected chi connectivity index (χ0v) is 13.9. The summed E-state index contributed by atoms with van der Waals surface area (Å²) in [5.41, 5.74) is 0.0550. The molecular weight excluding hydrogens is 311 g/mol. The Kier molecular flexibility index (Phi) is 5.50. The molecule has 0 bridgehead atoms. The predicted molar refractivity (Wildman–Crippen MR) is 89.5 cm³/mol. The van der Waals surface area contributed by atoms with Gasteiger partial charge in [0.15, 0.2) is 0 Å². The Labute approximate surface area is 142 Å². The van der Waals surface area contributed by atoms with Crippen molar-refractivity contribution in [3.05, 3.63) is 35.4 Å². The highest BCUT2D eigenvalue weighted by atomic mass is 19.4. The normalized spacial score (nSPS) is 21.3. The second-order valence-electron chi connectivity index (χ2n) is 6.93. The van der Waals surface area contributed by atoms with Crippen LogP contribution < -0.4 is 0 Å². The lowest BCUT2D eigenvalue weighted by atomic mass is 9.83. The monoisotopic (exact) mass is 335 g/mol. The molecule has 24 heavy (non-hydrogen) atoms. The molecule has 2 aliphatic rings. The van der Waals surface area contributed by atoms with Gasteiger partial charge in [0, 0.05) is 5.56 Å². The SMILES string of the molecule is FC(F)(F)c1ccc(C#CC(C2CCCCC2)N2CCCC2)cc1. The first-order valence-corrected chi connectivity index (χ1v) is 8.97. The molecule has 0 N–H and O–H groups in total. The van der Waals surface area contributed by atoms with E-state index in [-0.39, 0.29) is 6.04 Å². The van der Waals surface area contributed by atoms with E-state index in [2.05, 4.69) is 16.7 Å². The van der Waals surface area contributed by atoms with Crippen LogP contribution in [-0.2, 0) is 6.18 Å². The topological polar surface area (TPSA) is 3.24 Å². The number of hydrogen-bond acceptors (Lipinski definition) is 1. The summed E-state index contributed by atoms with van der Waals surface area (Å²) in [4.78, 5) is 2.48. The van der Waals surface area contributed by atoms with Gasteiger partial charge in [-0.05, 0) is 69.0 Å². The van der Waals surface area contributed by atoms with Crippen LogP contribution in [0.1, 0.15) is 56.1 Å². The fourth-order valence-electron chi connectivity index (χ4n) is 3.88. The van der Waals surface area contributed by atoms with Crippen molar-refractivity contribution in [2.24, 2.45) is 5.92 Å². The standard InChI is InChI=1S/C20H24F3N/c21-20(22,23)18-11-8-16(9-12-18)10-13-19(24-14-4-5-15-24)17-6-2-1-3-7-17/h8-9,11-12,17,19H,1-7,14-15H2. The number of rotatable bonds is 2. The molecular formula is C20H24F3N. The molecule has 1 saturated heterocycles. The number of hydrogen-bond donors (Lipinski definition) is 0. The van der Waals surface area contributed by atoms with Crippen molar-refractivity contribution < 1.29 is 13.2 Å². The summed E-state index contributed by atoms with van der Waals surface area (Å²) in [5, 5.41) is 0. The maximum atomic E-state index is 12.6. The largest absolute Gasteiger partial charge is 0.416 e. The van der Waals surface area contributed by atoms with Crippen molar-refractivity contribution in [2.45, 2.75) is 57.2 Å². The molecule has 0 amide bonds. The predicted octanol–water partition coefficient (Wildman–Crippen LogP) is 5.10. The average molecular weight is 335 g/mol. The smallest absolute Gasteiger partial charge is 0.290 e. The molecule has 1 aliphatic carbocycles. The summed E-state index contributed by atoms with van der Waals surface area (Å²) in [6.45, 7) is 2.20. The number of likely N-dealkylation sites (tertiary alicyclic amines) is 1. The number of nitrogens with zero attached hydrogens (tertiary/aromatic N) is 1. The molecule has 1 heterocycles. The van der Waals surface area contributed by atoms with Gasteiger partial charge in [0.1, 0.15) is 0 Å². The van der Waals surface area contributed by atoms with E-state index in [0.717, 1.165) is 25.2 Å². The maximum absolute atomic E-state index is 12.6. The van der Waals surface area contributed by atoms with Crippen LogP contribution in [-0.4, -0.2) is 24.0 Å².